The summed E-state index contributed by atoms with van der Waals surface area (Å²) in [4.78, 5) is 138. The van der Waals surface area contributed by atoms with Crippen molar-refractivity contribution in [2.24, 2.45) is 5.73 Å². The van der Waals surface area contributed by atoms with Crippen molar-refractivity contribution >= 4 is 76.4 Å². The Morgan fingerprint density at radius 3 is 1.70 bits per heavy atom. The summed E-state index contributed by atoms with van der Waals surface area (Å²) in [6.45, 7) is -0.149. The van der Waals surface area contributed by atoms with E-state index in [0.29, 0.717) is 6.42 Å². The number of halogens is 2. The first-order valence-electron chi connectivity index (χ1n) is 41.7. The van der Waals surface area contributed by atoms with Gasteiger partial charge in [-0.15, -0.1) is 0 Å². The number of carboxylic acid groups (broad SMARTS) is 1. The molecule has 8 amide bonds. The minimum atomic E-state index is -2.59. The van der Waals surface area contributed by atoms with Crippen LogP contribution < -0.4 is 72.0 Å². The fourth-order valence-electron chi connectivity index (χ4n) is 16.2. The Balaban J connectivity index is 1.04. The molecule has 9 aliphatic heterocycles. The number of aliphatic carboxylic acids is 1. The largest absolute Gasteiger partial charge is 0.508 e. The number of fused-ring (bicyclic) bond motifs is 14. The van der Waals surface area contributed by atoms with Crippen LogP contribution in [0, 0.1) is 0 Å². The topological polar surface area (TPSA) is 662 Å². The lowest BCUT2D eigenvalue weighted by molar-refractivity contribution is -0.284. The lowest BCUT2D eigenvalue weighted by Gasteiger charge is -2.44. The second kappa shape index (κ2) is 40.8. The number of carbonyl (C=O) groups excluding carboxylic acids is 8. The molecule has 9 aliphatic rings. The van der Waals surface area contributed by atoms with Gasteiger partial charge in [-0.25, -0.2) is 4.79 Å². The molecule has 9 heterocycles. The Morgan fingerprint density at radius 1 is 0.508 bits per heavy atom. The van der Waals surface area contributed by atoms with Crippen molar-refractivity contribution in [1.29, 1.82) is 0 Å². The summed E-state index contributed by atoms with van der Waals surface area (Å²) in [7, 11) is 0. The third kappa shape index (κ3) is 20.6. The second-order valence-corrected chi connectivity index (χ2v) is 33.2. The average Bonchev–Trinajstić information content (AvgIpc) is 0.757. The van der Waals surface area contributed by atoms with E-state index in [0.717, 1.165) is 111 Å². The van der Waals surface area contributed by atoms with Gasteiger partial charge in [-0.05, 0) is 132 Å². The molecule has 23 atom stereocenters. The highest BCUT2D eigenvalue weighted by atomic mass is 35.5. The zero-order chi connectivity index (χ0) is 94.7. The van der Waals surface area contributed by atoms with Crippen molar-refractivity contribution in [1.82, 2.24) is 42.5 Å². The fraction of sp³-hybridized carbons (Fsp3) is 0.398. The molecule has 44 heteroatoms. The maximum Gasteiger partial charge on any atom is 0.330 e. The van der Waals surface area contributed by atoms with Crippen LogP contribution >= 0.6 is 23.2 Å². The molecule has 3 fully saturated rings. The van der Waals surface area contributed by atoms with Crippen LogP contribution in [0.5, 0.6) is 69.0 Å². The van der Waals surface area contributed by atoms with E-state index >= 15 is 24.0 Å². The number of aromatic hydroxyl groups is 4. The van der Waals surface area contributed by atoms with E-state index in [9.17, 15) is 95.8 Å². The molecular weight excluding hydrogens is 1780 g/mol. The van der Waals surface area contributed by atoms with E-state index < -0.39 is 316 Å². The second-order valence-electron chi connectivity index (χ2n) is 32.3. The van der Waals surface area contributed by atoms with Crippen molar-refractivity contribution in [2.45, 2.75) is 199 Å². The number of carbonyl (C=O) groups is 9. The van der Waals surface area contributed by atoms with Crippen LogP contribution in [0.2, 0.25) is 10.0 Å². The molecule has 42 nitrogen and oxygen atoms in total. The number of nitrogens with one attached hydrogen (secondary N) is 8. The molecule has 0 aliphatic carbocycles. The molecule has 17 bridgehead atoms. The van der Waals surface area contributed by atoms with Gasteiger partial charge < -0.3 is 167 Å². The quantitative estimate of drug-likeness (QED) is 0.0396. The number of amides is 8. The summed E-state index contributed by atoms with van der Waals surface area (Å²) in [6.07, 6.45) is -22.2. The Bertz CT molecular complexity index is 5600. The van der Waals surface area contributed by atoms with Gasteiger partial charge in [-0.2, -0.15) is 0 Å². The van der Waals surface area contributed by atoms with E-state index in [1.165, 1.54) is 30.3 Å². The minimum absolute atomic E-state index is 0.0251. The van der Waals surface area contributed by atoms with E-state index in [-0.39, 0.29) is 46.2 Å². The number of hydrogen-bond donors (Lipinski definition) is 24. The number of carboxylic acids is 1. The number of nitrogens with two attached hydrogens (primary N) is 1. The van der Waals surface area contributed by atoms with Crippen LogP contribution in [0.15, 0.2) is 127 Å². The van der Waals surface area contributed by atoms with Gasteiger partial charge in [0.15, 0.2) is 35.3 Å². The first kappa shape index (κ1) is 95.8. The summed E-state index contributed by atoms with van der Waals surface area (Å²) >= 11 is 14.7. The first-order valence-corrected chi connectivity index (χ1v) is 42.5. The SMILES string of the molecule is CCCCC/C=C/CCC(=O)N[C@H]1[C@H](Oc2c3cc4cc2Oc2ccc(cc2Cl)[C@@H](O[C@@H]2O[C@H](CO)[C@@H](O)[C@H](O)[C@H]2NC(C)=O)[C@@H]2NC(=O)[C@H](NC(=O)[C@@H]4NC(=O)[C@H]4NC(=O)C(Cc5ccc(c(Cl)c5)O3)NC(=O)[C@H](N)c3ccc(O)c(c3)Oc3cc(O)cc4c3)c3ccc(O)c(c3)-c3c(OC4O[C@H](CO)[C@@H](O)[C@H](O)[C@@H]4O)cc(O)cc3[C@@H](C(=O)O)NC2=O)O[C@H](CO)[C@@H](O)[C@@H]1O. The number of rotatable bonds is 19. The molecule has 0 aromatic heterocycles. The number of ether oxygens (including phenoxy) is 9. The zero-order valence-corrected chi connectivity index (χ0v) is 71.4. The van der Waals surface area contributed by atoms with Gasteiger partial charge in [0.1, 0.15) is 156 Å². The molecule has 2 unspecified atom stereocenters. The molecule has 16 rings (SSSR count). The summed E-state index contributed by atoms with van der Waals surface area (Å²) in [5.41, 5.74) is 2.76. The van der Waals surface area contributed by atoms with Crippen molar-refractivity contribution in [3.8, 4) is 80.1 Å². The van der Waals surface area contributed by atoms with Gasteiger partial charge in [-0.1, -0.05) is 79.4 Å². The van der Waals surface area contributed by atoms with Crippen LogP contribution in [0.25, 0.3) is 11.1 Å². The third-order valence-corrected chi connectivity index (χ3v) is 23.7. The van der Waals surface area contributed by atoms with Gasteiger partial charge in [-0.3, -0.25) is 38.4 Å². The number of aliphatic hydroxyl groups is 10. The molecule has 132 heavy (non-hydrogen) atoms. The number of allylic oxidation sites excluding steroid dienone is 2. The van der Waals surface area contributed by atoms with Crippen LogP contribution in [0.4, 0.5) is 0 Å². The number of aliphatic hydroxyl groups excluding tert-OH is 10. The maximum absolute atomic E-state index is 17.0. The van der Waals surface area contributed by atoms with Crippen LogP contribution in [-0.4, -0.2) is 254 Å². The van der Waals surface area contributed by atoms with Gasteiger partial charge in [0.2, 0.25) is 65.6 Å². The number of unbranched alkanes of at least 4 members (excludes halogenated alkanes) is 3. The van der Waals surface area contributed by atoms with E-state index in [1.807, 2.05) is 13.0 Å². The minimum Gasteiger partial charge on any atom is -0.508 e. The highest BCUT2D eigenvalue weighted by Crippen LogP contribution is 2.51. The van der Waals surface area contributed by atoms with Crippen molar-refractivity contribution in [3.63, 3.8) is 0 Å². The molecule has 704 valence electrons. The van der Waals surface area contributed by atoms with Crippen LogP contribution in [0.1, 0.15) is 128 Å². The van der Waals surface area contributed by atoms with Crippen LogP contribution in [0.3, 0.4) is 0 Å². The molecule has 0 spiro atoms. The summed E-state index contributed by atoms with van der Waals surface area (Å²) in [6, 6.07) is 0.558. The van der Waals surface area contributed by atoms with Gasteiger partial charge in [0, 0.05) is 48.6 Å². The van der Waals surface area contributed by atoms with Gasteiger partial charge in [0.05, 0.1) is 29.9 Å². The number of benzene rings is 7. The van der Waals surface area contributed by atoms with Gasteiger partial charge >= 0.3 is 5.97 Å². The number of phenolic OH excluding ortho intramolecular Hbond substituents is 4. The average molecular weight is 1880 g/mol. The molecular formula is C88H95Cl2N9O33. The Hall–Kier alpha value is -12.3. The molecule has 0 saturated carbocycles. The van der Waals surface area contributed by atoms with Crippen molar-refractivity contribution < 1.29 is 162 Å². The molecule has 7 aromatic carbocycles. The molecule has 25 N–H and O–H groups in total. The lowest BCUT2D eigenvalue weighted by Crippen LogP contribution is -2.65. The van der Waals surface area contributed by atoms with Crippen molar-refractivity contribution in [2.75, 3.05) is 19.8 Å². The molecule has 7 aromatic rings. The fourth-order valence-corrected chi connectivity index (χ4v) is 16.7. The monoisotopic (exact) mass is 1880 g/mol. The third-order valence-electron chi connectivity index (χ3n) is 23.1. The summed E-state index contributed by atoms with van der Waals surface area (Å²) in [5, 5.41) is 190. The Morgan fingerprint density at radius 2 is 1.07 bits per heavy atom. The Kier molecular flexibility index (Phi) is 29.6. The molecule has 0 radical (unpaired) electrons. The Labute approximate surface area is 759 Å². The zero-order valence-electron chi connectivity index (χ0n) is 69.9. The number of hydrogen-bond acceptors (Lipinski definition) is 33. The lowest BCUT2D eigenvalue weighted by atomic mass is 9.89. The van der Waals surface area contributed by atoms with E-state index in [1.54, 1.807) is 6.08 Å². The van der Waals surface area contributed by atoms with E-state index in [2.05, 4.69) is 42.5 Å². The normalized spacial score (nSPS) is 28.9. The van der Waals surface area contributed by atoms with Gasteiger partial charge in [0.25, 0.3) is 0 Å². The highest BCUT2D eigenvalue weighted by Gasteiger charge is 2.52. The standard InChI is InChI=1S/C88H95Cl2N9O33/c1-3-4-5-6-7-8-9-10-60(108)94-68-74(113)71(110)58(32-101)129-87(68)132-78-55-26-40-27-56(78)126-52-18-14-38(24-47(52)90)77(131-86-67(92-34(2)103)73(112)70(109)57(31-100)128-86)69-84(121)98-66(85(122)123)45-29-42(105)30-54(127-88-76(115)75(114)72(111)59(33-102)130-88)61(45)44-23-37(13-15-49(44)106)63(81(118)99-69)96-83(120)65(40)97-82(119)64-39-21-41(104)28-43(22-39)124-53-25-36(12-16-50(53)107)62(91)80(117)93-48(79(116)95-64)20-35-11-17-51(125-55)46(89)19-35/h7-8,11-19,21-30,48,57-59,62-77,86-88,100-102,104-107,109-115H,3-6,9-10,20,31-33,91H2,1-2H3,(H,92,103)(H,93,117)(H,94,108)(H,95,116)(H,96,120)(H,97,119)(H,98,121)(H,99,118)(H,122,123)/b8-7+/t48?,57-,58-,59-,62-,63-,64+,65-,66+,67-,68-,69+,70-,71-,72-,73-,74-,75+,76+,77-,86+,87+,88?/m1/s1. The maximum atomic E-state index is 17.0. The summed E-state index contributed by atoms with van der Waals surface area (Å²) < 4.78 is 57.4. The highest BCUT2D eigenvalue weighted by molar-refractivity contribution is 6.32. The smallest absolute Gasteiger partial charge is 0.330 e. The molecule has 3 saturated heterocycles. The van der Waals surface area contributed by atoms with E-state index in [4.69, 9.17) is 71.6 Å². The predicted octanol–water partition coefficient (Wildman–Crippen LogP) is 0.940. The predicted molar refractivity (Wildman–Crippen MR) is 453 cm³/mol. The first-order chi connectivity index (χ1) is 63.0. The number of phenols is 4. The van der Waals surface area contributed by atoms with Crippen molar-refractivity contribution in [3.05, 3.63) is 176 Å². The van der Waals surface area contributed by atoms with Crippen LogP contribution in [-0.2, 0) is 68.5 Å². The summed E-state index contributed by atoms with van der Waals surface area (Å²) in [5.74, 6) is -19.7.